The van der Waals surface area contributed by atoms with Crippen molar-refractivity contribution in [2.75, 3.05) is 7.11 Å². The largest absolute Gasteiger partial charge is 0.488 e. The fraction of sp³-hybridized carbons (Fsp3) is 0.0349. The molecule has 0 fully saturated rings. The predicted octanol–water partition coefficient (Wildman–Crippen LogP) is 18.3. The molecule has 19 aromatic rings. The summed E-state index contributed by atoms with van der Waals surface area (Å²) in [5.41, 5.74) is 15.1. The third kappa shape index (κ3) is 12.1. The fourth-order valence-electron chi connectivity index (χ4n) is 14.1. The first-order chi connectivity index (χ1) is 49.3. The summed E-state index contributed by atoms with van der Waals surface area (Å²) in [6.45, 7) is 0. The van der Waals surface area contributed by atoms with E-state index in [9.17, 15) is 24.4 Å². The fourth-order valence-corrected chi connectivity index (χ4v) is 14.6. The van der Waals surface area contributed by atoms with E-state index in [1.807, 2.05) is 159 Å². The van der Waals surface area contributed by atoms with Gasteiger partial charge in [0.25, 0.3) is 0 Å². The van der Waals surface area contributed by atoms with E-state index in [0.717, 1.165) is 88.5 Å². The first kappa shape index (κ1) is 65.3. The second-order valence-corrected chi connectivity index (χ2v) is 26.5. The standard InChI is InChI=1S/C36H24N2O.C22H15BO2.C14H11BrN2O.C13H9BrN2O.CH4O/c1-37-32-10-2-3-11-33(32)38(36(37)39)29-18-14-23(15-19-29)27-8-5-9-28(22-27)30-20-16-26-13-12-24-6-4-7-25-17-21-31(30)35(26)34(24)25;24-23(25)18-6-2-5-17(13-18)19-11-9-16-8-7-14-3-1-4-15-10-12-20(19)22(16)21(14)15;1-16-12-4-2-3-5-13(12)17(14(16)18)11-8-6-10(15)7-9-11;14-9-5-7-10(8-6-9)16-12-4-2-1-3-11(12)15-13(16)17;1-2/h2-22H,1H3;1-13,24-25H;2-9H,1H3;1-8H,(H,15,17);2H,1H3. The molecule has 0 spiro atoms. The summed E-state index contributed by atoms with van der Waals surface area (Å²) >= 11 is 6.78. The monoisotopic (exact) mass is 1440 g/mol. The number of aromatic amines is 1. The number of benzene rings is 16. The molecule has 16 aromatic carbocycles. The van der Waals surface area contributed by atoms with E-state index in [1.54, 1.807) is 35.9 Å². The molecule has 0 saturated heterocycles. The average molecular weight is 1450 g/mol. The maximum atomic E-state index is 13.0. The van der Waals surface area contributed by atoms with Crippen molar-refractivity contribution in [3.8, 4) is 50.4 Å². The van der Waals surface area contributed by atoms with Gasteiger partial charge in [-0.1, -0.05) is 232 Å². The minimum Gasteiger partial charge on any atom is -0.423 e. The lowest BCUT2D eigenvalue weighted by atomic mass is 9.78. The highest BCUT2D eigenvalue weighted by Gasteiger charge is 2.19. The summed E-state index contributed by atoms with van der Waals surface area (Å²) in [6, 6.07) is 102. The van der Waals surface area contributed by atoms with Gasteiger partial charge in [0.1, 0.15) is 0 Å². The number of nitrogens with one attached hydrogen (secondary N) is 1. The van der Waals surface area contributed by atoms with Gasteiger partial charge in [0.05, 0.1) is 50.2 Å². The molecule has 0 aliphatic carbocycles. The Labute approximate surface area is 596 Å². The molecule has 0 amide bonds. The normalized spacial score (nSPS) is 11.3. The number of fused-ring (bicyclic) bond motifs is 3. The van der Waals surface area contributed by atoms with E-state index in [1.165, 1.54) is 75.8 Å². The van der Waals surface area contributed by atoms with Crippen LogP contribution in [-0.2, 0) is 14.1 Å². The highest BCUT2D eigenvalue weighted by molar-refractivity contribution is 9.10. The first-order valence-electron chi connectivity index (χ1n) is 32.8. The predicted molar refractivity (Wildman–Crippen MR) is 424 cm³/mol. The first-order valence-corrected chi connectivity index (χ1v) is 34.4. The van der Waals surface area contributed by atoms with E-state index in [2.05, 4.69) is 182 Å². The Hall–Kier alpha value is -11.7. The molecule has 3 aromatic heterocycles. The number of aliphatic hydroxyl groups is 1. The molecule has 12 nitrogen and oxygen atoms in total. The Morgan fingerprint density at radius 2 is 0.693 bits per heavy atom. The van der Waals surface area contributed by atoms with Gasteiger partial charge in [0.15, 0.2) is 0 Å². The maximum Gasteiger partial charge on any atom is 0.488 e. The van der Waals surface area contributed by atoms with Gasteiger partial charge in [-0.3, -0.25) is 22.8 Å². The number of aromatic nitrogens is 6. The summed E-state index contributed by atoms with van der Waals surface area (Å²) in [4.78, 5) is 40.0. The minimum atomic E-state index is -1.46. The van der Waals surface area contributed by atoms with Crippen LogP contribution in [0.25, 0.3) is 148 Å². The van der Waals surface area contributed by atoms with Crippen LogP contribution >= 0.6 is 31.9 Å². The van der Waals surface area contributed by atoms with Crippen LogP contribution in [0, 0.1) is 0 Å². The molecule has 490 valence electrons. The molecular weight excluding hydrogens is 1380 g/mol. The maximum absolute atomic E-state index is 13.0. The minimum absolute atomic E-state index is 0.0291. The number of aryl methyl sites for hydroxylation is 2. The molecule has 0 bridgehead atoms. The van der Waals surface area contributed by atoms with Crippen LogP contribution in [0.1, 0.15) is 0 Å². The van der Waals surface area contributed by atoms with Gasteiger partial charge in [-0.05, 0) is 207 Å². The van der Waals surface area contributed by atoms with Crippen molar-refractivity contribution in [3.05, 3.63) is 344 Å². The molecule has 3 heterocycles. The number of para-hydroxylation sites is 6. The highest BCUT2D eigenvalue weighted by atomic mass is 79.9. The van der Waals surface area contributed by atoms with Crippen molar-refractivity contribution < 1.29 is 15.2 Å². The van der Waals surface area contributed by atoms with Crippen LogP contribution in [0.5, 0.6) is 0 Å². The summed E-state index contributed by atoms with van der Waals surface area (Å²) in [7, 11) is 3.15. The van der Waals surface area contributed by atoms with Gasteiger partial charge in [0.2, 0.25) is 0 Å². The van der Waals surface area contributed by atoms with Crippen LogP contribution in [0.4, 0.5) is 0 Å². The third-order valence-electron chi connectivity index (χ3n) is 18.9. The number of imidazole rings is 3. The van der Waals surface area contributed by atoms with E-state index in [-0.39, 0.29) is 17.1 Å². The van der Waals surface area contributed by atoms with Crippen molar-refractivity contribution in [1.82, 2.24) is 27.8 Å². The Balaban J connectivity index is 0.000000115. The van der Waals surface area contributed by atoms with E-state index in [4.69, 9.17) is 5.11 Å². The number of halogens is 2. The van der Waals surface area contributed by atoms with Crippen LogP contribution in [0.2, 0.25) is 0 Å². The summed E-state index contributed by atoms with van der Waals surface area (Å²) in [5, 5.41) is 41.2. The molecule has 0 unspecified atom stereocenters. The van der Waals surface area contributed by atoms with Gasteiger partial charge in [-0.2, -0.15) is 0 Å². The quantitative estimate of drug-likeness (QED) is 0.0921. The third-order valence-corrected chi connectivity index (χ3v) is 19.9. The zero-order valence-corrected chi connectivity index (χ0v) is 58.2. The number of aliphatic hydroxyl groups excluding tert-OH is 1. The van der Waals surface area contributed by atoms with Crippen molar-refractivity contribution >= 4 is 142 Å². The van der Waals surface area contributed by atoms with Crippen LogP contribution < -0.4 is 22.5 Å². The second kappa shape index (κ2) is 27.6. The summed E-state index contributed by atoms with van der Waals surface area (Å²) < 4.78 is 10.5. The zero-order chi connectivity index (χ0) is 69.6. The van der Waals surface area contributed by atoms with Crippen molar-refractivity contribution in [1.29, 1.82) is 0 Å². The number of rotatable bonds is 7. The molecule has 0 aliphatic heterocycles. The molecule has 19 rings (SSSR count). The zero-order valence-electron chi connectivity index (χ0n) is 55.0. The van der Waals surface area contributed by atoms with Crippen molar-refractivity contribution in [3.63, 3.8) is 0 Å². The van der Waals surface area contributed by atoms with Crippen LogP contribution in [0.3, 0.4) is 0 Å². The Kier molecular flexibility index (Phi) is 17.8. The molecule has 0 aliphatic rings. The lowest BCUT2D eigenvalue weighted by Gasteiger charge is -2.15. The molecule has 101 heavy (non-hydrogen) atoms. The van der Waals surface area contributed by atoms with E-state index >= 15 is 0 Å². The topological polar surface area (TPSA) is 152 Å². The van der Waals surface area contributed by atoms with Gasteiger partial charge >= 0.3 is 24.2 Å². The van der Waals surface area contributed by atoms with Crippen molar-refractivity contribution in [2.24, 2.45) is 14.1 Å². The molecule has 4 N–H and O–H groups in total. The molecule has 0 saturated carbocycles. The molecular formula is C86H63BBr2N6O6. The smallest absolute Gasteiger partial charge is 0.423 e. The number of H-pyrrole nitrogens is 1. The lowest BCUT2D eigenvalue weighted by Crippen LogP contribution is -2.29. The SMILES string of the molecule is CO.Cn1c(=O)n(-c2ccc(-c3cccc(-c4ccc5ccc6cccc7ccc4c5c67)c3)cc2)c2ccccc21.Cn1c(=O)n(-c2ccc(Br)cc2)c2ccccc21.O=c1[nH]c2ccccc2n1-c1ccc(Br)cc1.OB(O)c1cccc(-c2ccc3ccc4cccc5ccc2c3c45)c1. The number of hydrogen-bond acceptors (Lipinski definition) is 6. The average Bonchev–Trinajstić information content (AvgIpc) is 1.73. The summed E-state index contributed by atoms with van der Waals surface area (Å²) in [6.07, 6.45) is 0. The van der Waals surface area contributed by atoms with E-state index in [0.29, 0.717) is 5.46 Å². The molecule has 0 atom stereocenters. The van der Waals surface area contributed by atoms with Crippen LogP contribution in [0.15, 0.2) is 327 Å². The lowest BCUT2D eigenvalue weighted by molar-refractivity contribution is 0.399. The molecule has 15 heteroatoms. The van der Waals surface area contributed by atoms with Gasteiger partial charge in [-0.25, -0.2) is 14.4 Å². The summed E-state index contributed by atoms with van der Waals surface area (Å²) in [5.74, 6) is 0. The van der Waals surface area contributed by atoms with Gasteiger partial charge in [0, 0.05) is 30.2 Å². The van der Waals surface area contributed by atoms with Crippen molar-refractivity contribution in [2.45, 2.75) is 0 Å². The van der Waals surface area contributed by atoms with Gasteiger partial charge in [-0.15, -0.1) is 0 Å². The van der Waals surface area contributed by atoms with Gasteiger partial charge < -0.3 is 20.1 Å². The Bertz CT molecular complexity index is 6440. The molecule has 0 radical (unpaired) electrons. The Morgan fingerprint density at radius 1 is 0.327 bits per heavy atom. The number of nitrogens with zero attached hydrogens (tertiary/aromatic N) is 5. The number of hydrogen-bond donors (Lipinski definition) is 4. The highest BCUT2D eigenvalue weighted by Crippen LogP contribution is 2.42. The van der Waals surface area contributed by atoms with E-state index < -0.39 is 7.12 Å². The van der Waals surface area contributed by atoms with Crippen LogP contribution in [-0.4, -0.2) is 57.2 Å². The Morgan fingerprint density at radius 3 is 1.17 bits per heavy atom. The second-order valence-electron chi connectivity index (χ2n) is 24.6.